The molecule has 46 heavy (non-hydrogen) atoms. The predicted octanol–water partition coefficient (Wildman–Crippen LogP) is 13.7. The van der Waals surface area contributed by atoms with E-state index in [4.69, 9.17) is 0 Å². The van der Waals surface area contributed by atoms with E-state index in [1.165, 1.54) is 11.8 Å². The SMILES string of the molecule is C1CCC(C2CC(C3CCC4CCC5CCCC6CCC3C4C56)C(C3CCCCC3)C(C3CCCCC3)C2C2CCCCC2)CC1. The molecule has 0 spiro atoms. The summed E-state index contributed by atoms with van der Waals surface area (Å²) in [6.45, 7) is 0. The second-order valence-electron chi connectivity index (χ2n) is 20.3. The summed E-state index contributed by atoms with van der Waals surface area (Å²) in [7, 11) is 0. The van der Waals surface area contributed by atoms with Crippen molar-refractivity contribution in [2.24, 2.45) is 94.7 Å². The van der Waals surface area contributed by atoms with Gasteiger partial charge in [-0.05, 0) is 140 Å². The van der Waals surface area contributed by atoms with Crippen LogP contribution in [0.2, 0.25) is 0 Å². The van der Waals surface area contributed by atoms with Crippen LogP contribution in [0.1, 0.15) is 193 Å². The van der Waals surface area contributed by atoms with Crippen LogP contribution in [0.3, 0.4) is 0 Å². The van der Waals surface area contributed by atoms with Gasteiger partial charge in [0.15, 0.2) is 0 Å². The molecule has 9 fully saturated rings. The maximum absolute atomic E-state index is 1.73. The first kappa shape index (κ1) is 31.9. The van der Waals surface area contributed by atoms with Gasteiger partial charge in [-0.2, -0.15) is 0 Å². The van der Waals surface area contributed by atoms with Gasteiger partial charge < -0.3 is 0 Å². The summed E-state index contributed by atoms with van der Waals surface area (Å²) in [6, 6.07) is 0. The average Bonchev–Trinajstić information content (AvgIpc) is 3.14. The summed E-state index contributed by atoms with van der Waals surface area (Å²) >= 11 is 0. The quantitative estimate of drug-likeness (QED) is 0.284. The van der Waals surface area contributed by atoms with E-state index in [1.54, 1.807) is 193 Å². The smallest absolute Gasteiger partial charge is 0.0318 e. The minimum absolute atomic E-state index is 1.10. The highest BCUT2D eigenvalue weighted by molar-refractivity contribution is 5.08. The Morgan fingerprint density at radius 1 is 0.174 bits per heavy atom. The van der Waals surface area contributed by atoms with Crippen LogP contribution in [0.5, 0.6) is 0 Å². The van der Waals surface area contributed by atoms with Gasteiger partial charge in [0, 0.05) is 0 Å². The van der Waals surface area contributed by atoms with Gasteiger partial charge >= 0.3 is 0 Å². The second-order valence-corrected chi connectivity index (χ2v) is 20.3. The zero-order chi connectivity index (χ0) is 30.5. The highest BCUT2D eigenvalue weighted by Gasteiger charge is 2.59. The molecule has 0 amide bonds. The highest BCUT2D eigenvalue weighted by Crippen LogP contribution is 2.67. The molecule has 9 saturated carbocycles. The van der Waals surface area contributed by atoms with E-state index in [0.717, 1.165) is 82.9 Å². The Balaban J connectivity index is 1.12. The molecule has 0 radical (unpaired) electrons. The summed E-state index contributed by atoms with van der Waals surface area (Å²) in [5.41, 5.74) is 0. The fraction of sp³-hybridized carbons (Fsp3) is 1.00. The normalized spacial score (nSPS) is 48.5. The molecule has 0 aromatic rings. The van der Waals surface area contributed by atoms with Crippen LogP contribution in [-0.4, -0.2) is 0 Å². The summed E-state index contributed by atoms with van der Waals surface area (Å²) < 4.78 is 0. The van der Waals surface area contributed by atoms with E-state index in [9.17, 15) is 0 Å². The standard InChI is InChI=1S/C46H76/c1-5-14-31(15-6-1)40-30-41(38-28-26-37-25-24-35-22-13-23-36-27-29-39(38)43(37)42(35)36)45(33-18-9-3-10-19-33)46(34-20-11-4-12-21-34)44(40)32-16-7-2-8-17-32/h31-46H,1-30H2. The van der Waals surface area contributed by atoms with Gasteiger partial charge in [0.25, 0.3) is 0 Å². The van der Waals surface area contributed by atoms with E-state index in [-0.39, 0.29) is 0 Å². The topological polar surface area (TPSA) is 0 Å². The lowest BCUT2D eigenvalue weighted by Crippen LogP contribution is -2.57. The van der Waals surface area contributed by atoms with Gasteiger partial charge in [0.05, 0.1) is 0 Å². The molecule has 0 nitrogen and oxygen atoms in total. The molecule has 12 atom stereocenters. The molecule has 0 heterocycles. The molecule has 9 aliphatic rings. The Morgan fingerprint density at radius 3 is 1.07 bits per heavy atom. The largest absolute Gasteiger partial charge is 0.0533 e. The van der Waals surface area contributed by atoms with E-state index in [2.05, 4.69) is 0 Å². The highest BCUT2D eigenvalue weighted by atomic mass is 14.6. The minimum atomic E-state index is 1.10. The van der Waals surface area contributed by atoms with Crippen molar-refractivity contribution in [2.75, 3.05) is 0 Å². The van der Waals surface area contributed by atoms with Gasteiger partial charge in [0.2, 0.25) is 0 Å². The lowest BCUT2D eigenvalue weighted by Gasteiger charge is -2.64. The van der Waals surface area contributed by atoms with Crippen LogP contribution in [0.4, 0.5) is 0 Å². The van der Waals surface area contributed by atoms with Crippen molar-refractivity contribution in [3.63, 3.8) is 0 Å². The lowest BCUT2D eigenvalue weighted by atomic mass is 9.41. The summed E-state index contributed by atoms with van der Waals surface area (Å²) in [4.78, 5) is 0. The van der Waals surface area contributed by atoms with Crippen molar-refractivity contribution in [1.82, 2.24) is 0 Å². The Morgan fingerprint density at radius 2 is 0.522 bits per heavy atom. The molecule has 0 bridgehead atoms. The Kier molecular flexibility index (Phi) is 9.94. The number of hydrogen-bond donors (Lipinski definition) is 0. The molecule has 9 rings (SSSR count). The van der Waals surface area contributed by atoms with Crippen molar-refractivity contribution in [1.29, 1.82) is 0 Å². The monoisotopic (exact) mass is 629 g/mol. The average molecular weight is 629 g/mol. The maximum Gasteiger partial charge on any atom is -0.0318 e. The van der Waals surface area contributed by atoms with Gasteiger partial charge in [-0.3, -0.25) is 0 Å². The van der Waals surface area contributed by atoms with E-state index in [1.807, 2.05) is 0 Å². The van der Waals surface area contributed by atoms with Gasteiger partial charge in [-0.15, -0.1) is 0 Å². The molecule has 0 aliphatic heterocycles. The van der Waals surface area contributed by atoms with Crippen LogP contribution in [0, 0.1) is 94.7 Å². The van der Waals surface area contributed by atoms with Crippen LogP contribution >= 0.6 is 0 Å². The van der Waals surface area contributed by atoms with E-state index in [0.29, 0.717) is 0 Å². The van der Waals surface area contributed by atoms with Crippen LogP contribution in [-0.2, 0) is 0 Å². The second kappa shape index (κ2) is 14.3. The first-order chi connectivity index (χ1) is 22.8. The lowest BCUT2D eigenvalue weighted by molar-refractivity contribution is -0.152. The van der Waals surface area contributed by atoms with Crippen molar-refractivity contribution < 1.29 is 0 Å². The van der Waals surface area contributed by atoms with Gasteiger partial charge in [-0.25, -0.2) is 0 Å². The van der Waals surface area contributed by atoms with Gasteiger partial charge in [-0.1, -0.05) is 148 Å². The van der Waals surface area contributed by atoms with Crippen molar-refractivity contribution in [3.05, 3.63) is 0 Å². The zero-order valence-electron chi connectivity index (χ0n) is 30.5. The fourth-order valence-electron chi connectivity index (χ4n) is 17.4. The first-order valence-corrected chi connectivity index (χ1v) is 22.8. The van der Waals surface area contributed by atoms with Crippen molar-refractivity contribution >= 4 is 0 Å². The maximum atomic E-state index is 1.73. The summed E-state index contributed by atoms with van der Waals surface area (Å²) in [5.74, 6) is 18.0. The molecule has 0 heteroatoms. The third kappa shape index (κ3) is 5.94. The molecule has 260 valence electrons. The van der Waals surface area contributed by atoms with Gasteiger partial charge in [0.1, 0.15) is 0 Å². The predicted molar refractivity (Wildman–Crippen MR) is 194 cm³/mol. The van der Waals surface area contributed by atoms with E-state index < -0.39 is 0 Å². The third-order valence-corrected chi connectivity index (χ3v) is 18.7. The Bertz CT molecular complexity index is 951. The molecular weight excluding hydrogens is 553 g/mol. The van der Waals surface area contributed by atoms with Crippen LogP contribution in [0.15, 0.2) is 0 Å². The molecule has 0 aromatic carbocycles. The third-order valence-electron chi connectivity index (χ3n) is 18.7. The van der Waals surface area contributed by atoms with Crippen LogP contribution in [0.25, 0.3) is 0 Å². The molecular formula is C46H76. The number of rotatable bonds is 5. The summed E-state index contributed by atoms with van der Waals surface area (Å²) in [5, 5.41) is 0. The minimum Gasteiger partial charge on any atom is -0.0533 e. The Hall–Kier alpha value is 0. The zero-order valence-corrected chi connectivity index (χ0v) is 30.5. The molecule has 0 aromatic heterocycles. The Labute approximate surface area is 286 Å². The molecule has 9 aliphatic carbocycles. The molecule has 0 N–H and O–H groups in total. The van der Waals surface area contributed by atoms with E-state index >= 15 is 0 Å². The number of hydrogen-bond acceptors (Lipinski definition) is 0. The summed E-state index contributed by atoms with van der Waals surface area (Å²) in [6.07, 6.45) is 48.3. The first-order valence-electron chi connectivity index (χ1n) is 22.8. The fourth-order valence-corrected chi connectivity index (χ4v) is 17.4. The molecule has 12 unspecified atom stereocenters. The van der Waals surface area contributed by atoms with Crippen LogP contribution < -0.4 is 0 Å². The molecule has 0 saturated heterocycles. The van der Waals surface area contributed by atoms with Crippen molar-refractivity contribution in [3.8, 4) is 0 Å². The van der Waals surface area contributed by atoms with Crippen molar-refractivity contribution in [2.45, 2.75) is 193 Å².